The lowest BCUT2D eigenvalue weighted by molar-refractivity contribution is -0.142. The maximum absolute atomic E-state index is 14.2. The SMILES string of the molecule is CC[C@H](C)[C@H](NC(=O)[C@@H](N)Cc1ccc(O)cc1)C(=O)NCC(=O)N1CCC[C@H]1C(=O)N[C@@H](Cc1c[nH]c2ccccc12)C(=O)NCC(=O)N[C@@H](CCC(N)=O)C(=O)N[C@@H](CCC(N)=O)C(=O)N[C@@H](CC(C)C)C(=O)N[C@@H](C)C(=O)O. The van der Waals surface area contributed by atoms with Gasteiger partial charge in [-0.3, -0.25) is 57.5 Å². The summed E-state index contributed by atoms with van der Waals surface area (Å²) in [7, 11) is 0. The van der Waals surface area contributed by atoms with Gasteiger partial charge >= 0.3 is 5.97 Å². The fourth-order valence-corrected chi connectivity index (χ4v) is 8.92. The highest BCUT2D eigenvalue weighted by atomic mass is 16.4. The molecule has 0 bridgehead atoms. The molecule has 17 N–H and O–H groups in total. The van der Waals surface area contributed by atoms with Gasteiger partial charge in [0.05, 0.1) is 19.1 Å². The van der Waals surface area contributed by atoms with Crippen molar-refractivity contribution in [1.82, 2.24) is 52.4 Å². The van der Waals surface area contributed by atoms with Gasteiger partial charge in [0.15, 0.2) is 0 Å². The van der Waals surface area contributed by atoms with Gasteiger partial charge in [-0.15, -0.1) is 0 Å². The minimum absolute atomic E-state index is 0.0435. The van der Waals surface area contributed by atoms with Crippen molar-refractivity contribution in [3.05, 3.63) is 65.9 Å². The maximum Gasteiger partial charge on any atom is 0.325 e. The molecule has 0 spiro atoms. The zero-order valence-electron chi connectivity index (χ0n) is 46.1. The number of hydrogen-bond acceptors (Lipinski definition) is 14. The molecule has 1 aliphatic heterocycles. The second-order valence-electron chi connectivity index (χ2n) is 20.6. The molecular formula is C54H77N13O14. The number of hydrogen-bond donors (Lipinski definition) is 14. The number of aromatic nitrogens is 1. The summed E-state index contributed by atoms with van der Waals surface area (Å²) in [6, 6.07) is 3.05. The van der Waals surface area contributed by atoms with E-state index in [0.29, 0.717) is 24.0 Å². The predicted molar refractivity (Wildman–Crippen MR) is 293 cm³/mol. The summed E-state index contributed by atoms with van der Waals surface area (Å²) < 4.78 is 0. The molecule has 2 heterocycles. The van der Waals surface area contributed by atoms with Crippen LogP contribution in [0.15, 0.2) is 54.7 Å². The van der Waals surface area contributed by atoms with Gasteiger partial charge in [-0.2, -0.15) is 0 Å². The third kappa shape index (κ3) is 20.5. The number of carboxylic acid groups (broad SMARTS) is 1. The number of carbonyl (C=O) groups excluding carboxylic acids is 11. The minimum Gasteiger partial charge on any atom is -0.508 e. The highest BCUT2D eigenvalue weighted by Gasteiger charge is 2.38. The summed E-state index contributed by atoms with van der Waals surface area (Å²) in [6.45, 7) is 7.09. The fraction of sp³-hybridized carbons (Fsp3) is 0.519. The molecule has 0 radical (unpaired) electrons. The van der Waals surface area contributed by atoms with Crippen LogP contribution in [-0.2, 0) is 70.4 Å². The fourth-order valence-electron chi connectivity index (χ4n) is 8.92. The largest absolute Gasteiger partial charge is 0.508 e. The monoisotopic (exact) mass is 1130 g/mol. The molecule has 1 fully saturated rings. The summed E-state index contributed by atoms with van der Waals surface area (Å²) in [5, 5.41) is 39.7. The van der Waals surface area contributed by atoms with Crippen LogP contribution in [0.2, 0.25) is 0 Å². The van der Waals surface area contributed by atoms with Gasteiger partial charge in [0, 0.05) is 42.9 Å². The van der Waals surface area contributed by atoms with Crippen molar-refractivity contribution in [1.29, 1.82) is 0 Å². The maximum atomic E-state index is 14.2. The van der Waals surface area contributed by atoms with E-state index in [1.807, 2.05) is 6.92 Å². The van der Waals surface area contributed by atoms with Gasteiger partial charge < -0.3 is 79.8 Å². The number of fused-ring (bicyclic) bond motifs is 1. The summed E-state index contributed by atoms with van der Waals surface area (Å²) in [5.74, 6) is -10.8. The summed E-state index contributed by atoms with van der Waals surface area (Å²) >= 11 is 0. The molecule has 27 nitrogen and oxygen atoms in total. The van der Waals surface area contributed by atoms with Crippen molar-refractivity contribution in [2.75, 3.05) is 19.6 Å². The van der Waals surface area contributed by atoms with Gasteiger partial charge in [-0.1, -0.05) is 64.4 Å². The number of primary amides is 2. The first-order chi connectivity index (χ1) is 38.3. The Bertz CT molecular complexity index is 2750. The van der Waals surface area contributed by atoms with Crippen LogP contribution in [-0.4, -0.2) is 159 Å². The van der Waals surface area contributed by atoms with E-state index in [4.69, 9.17) is 17.2 Å². The Morgan fingerprint density at radius 3 is 1.88 bits per heavy atom. The van der Waals surface area contributed by atoms with Gasteiger partial charge in [-0.25, -0.2) is 0 Å². The molecule has 4 rings (SSSR count). The van der Waals surface area contributed by atoms with Crippen LogP contribution in [0.25, 0.3) is 10.9 Å². The molecule has 1 aromatic heterocycles. The topological polar surface area (TPSA) is 439 Å². The van der Waals surface area contributed by atoms with Crippen LogP contribution < -0.4 is 59.7 Å². The second kappa shape index (κ2) is 31.2. The van der Waals surface area contributed by atoms with Gasteiger partial charge in [-0.05, 0) is 86.6 Å². The number of para-hydroxylation sites is 1. The molecule has 0 aliphatic carbocycles. The number of aromatic amines is 1. The Kier molecular flexibility index (Phi) is 25.0. The zero-order chi connectivity index (χ0) is 60.1. The Balaban J connectivity index is 1.47. The Morgan fingerprint density at radius 1 is 0.679 bits per heavy atom. The number of nitrogens with zero attached hydrogens (tertiary/aromatic N) is 1. The Morgan fingerprint density at radius 2 is 1.27 bits per heavy atom. The van der Waals surface area contributed by atoms with E-state index in [0.717, 1.165) is 10.9 Å². The number of carboxylic acids is 1. The Labute approximate surface area is 468 Å². The van der Waals surface area contributed by atoms with E-state index in [1.165, 1.54) is 24.0 Å². The van der Waals surface area contributed by atoms with Crippen LogP contribution >= 0.6 is 0 Å². The lowest BCUT2D eigenvalue weighted by Crippen LogP contribution is -2.58. The van der Waals surface area contributed by atoms with Crippen molar-refractivity contribution in [2.24, 2.45) is 29.0 Å². The molecule has 1 aliphatic rings. The quantitative estimate of drug-likeness (QED) is 0.0317. The molecule has 11 amide bonds. The standard InChI is InChI=1S/C54H77N13O14/c1-6-29(4)46(66-47(73)35(55)23-31-13-15-33(68)16-14-31)53(79)60-27-45(72)67-21-9-12-41(67)52(78)65-40(24-32-25-58-36-11-8-7-10-34(32)36)48(74)59-26-44(71)62-37(17-19-42(56)69)49(75)63-38(18-20-43(57)70)50(76)64-39(22-28(2)3)51(77)61-30(5)54(80)81/h7-8,10-11,13-16,25,28-30,35,37-41,46,58,68H,6,9,12,17-24,26-27,55H2,1-5H3,(H2,56,69)(H2,57,70)(H,59,74)(H,60,79)(H,61,77)(H,62,71)(H,63,75)(H,64,76)(H,65,78)(H,66,73)(H,80,81)/t29-,30-,35-,37-,38-,39-,40-,41-,46-/m0/s1. The molecule has 1 saturated heterocycles. The third-order valence-corrected chi connectivity index (χ3v) is 13.7. The number of rotatable bonds is 32. The number of aliphatic carboxylic acids is 1. The number of nitrogens with one attached hydrogen (secondary N) is 9. The van der Waals surface area contributed by atoms with Crippen LogP contribution in [0.4, 0.5) is 0 Å². The number of aromatic hydroxyl groups is 1. The molecular weight excluding hydrogens is 1050 g/mol. The number of benzene rings is 2. The summed E-state index contributed by atoms with van der Waals surface area (Å²) in [4.78, 5) is 163. The molecule has 27 heteroatoms. The number of likely N-dealkylation sites (tertiary alicyclic amines) is 1. The highest BCUT2D eigenvalue weighted by molar-refractivity contribution is 5.98. The molecule has 2 aromatic carbocycles. The molecule has 442 valence electrons. The van der Waals surface area contributed by atoms with E-state index in [9.17, 15) is 67.7 Å². The first-order valence-corrected chi connectivity index (χ1v) is 26.8. The zero-order valence-corrected chi connectivity index (χ0v) is 46.1. The predicted octanol–water partition coefficient (Wildman–Crippen LogP) is -2.15. The average Bonchev–Trinajstić information content (AvgIpc) is 4.09. The van der Waals surface area contributed by atoms with Gasteiger partial charge in [0.2, 0.25) is 65.0 Å². The first kappa shape index (κ1) is 64.9. The average molecular weight is 1130 g/mol. The number of phenolic OH excluding ortho intramolecular Hbond substituents is 1. The van der Waals surface area contributed by atoms with E-state index < -0.39 is 152 Å². The summed E-state index contributed by atoms with van der Waals surface area (Å²) in [5.41, 5.74) is 18.9. The second-order valence-corrected chi connectivity index (χ2v) is 20.6. The van der Waals surface area contributed by atoms with Crippen LogP contribution in [0, 0.1) is 11.8 Å². The van der Waals surface area contributed by atoms with E-state index in [2.05, 4.69) is 47.5 Å². The highest BCUT2D eigenvalue weighted by Crippen LogP contribution is 2.22. The molecule has 0 saturated carbocycles. The normalized spacial score (nSPS) is 16.0. The number of amides is 11. The number of nitrogens with two attached hydrogens (primary N) is 3. The van der Waals surface area contributed by atoms with Crippen LogP contribution in [0.1, 0.15) is 97.1 Å². The molecule has 9 atom stereocenters. The van der Waals surface area contributed by atoms with E-state index >= 15 is 0 Å². The lowest BCUT2D eigenvalue weighted by atomic mass is 9.97. The van der Waals surface area contributed by atoms with Crippen LogP contribution in [0.5, 0.6) is 5.75 Å². The van der Waals surface area contributed by atoms with Crippen molar-refractivity contribution in [3.63, 3.8) is 0 Å². The minimum atomic E-state index is -1.57. The van der Waals surface area contributed by atoms with Gasteiger partial charge in [0.25, 0.3) is 0 Å². The molecule has 81 heavy (non-hydrogen) atoms. The van der Waals surface area contributed by atoms with Crippen molar-refractivity contribution in [2.45, 2.75) is 147 Å². The molecule has 3 aromatic rings. The third-order valence-electron chi connectivity index (χ3n) is 13.7. The number of H-pyrrole nitrogens is 1. The van der Waals surface area contributed by atoms with E-state index in [-0.39, 0.29) is 56.2 Å². The van der Waals surface area contributed by atoms with E-state index in [1.54, 1.807) is 63.4 Å². The van der Waals surface area contributed by atoms with Crippen LogP contribution in [0.3, 0.4) is 0 Å². The summed E-state index contributed by atoms with van der Waals surface area (Å²) in [6.07, 6.45) is 1.12. The van der Waals surface area contributed by atoms with Crippen molar-refractivity contribution < 1.29 is 67.7 Å². The Hall–Kier alpha value is -8.62. The first-order valence-electron chi connectivity index (χ1n) is 26.8. The van der Waals surface area contributed by atoms with Crippen molar-refractivity contribution >= 4 is 81.9 Å². The smallest absolute Gasteiger partial charge is 0.325 e. The number of carbonyl (C=O) groups is 12. The lowest BCUT2D eigenvalue weighted by Gasteiger charge is -2.28. The van der Waals surface area contributed by atoms with Crippen molar-refractivity contribution in [3.8, 4) is 5.75 Å². The number of phenols is 1. The van der Waals surface area contributed by atoms with Gasteiger partial charge in [0.1, 0.15) is 48.0 Å². The molecule has 0 unspecified atom stereocenters.